The molecule has 1 amide bonds. The molecule has 0 saturated carbocycles. The first-order valence-corrected chi connectivity index (χ1v) is 10.3. The average molecular weight is 413 g/mol. The molecule has 3 aromatic rings. The van der Waals surface area contributed by atoms with Crippen LogP contribution in [0.5, 0.6) is 5.75 Å². The predicted octanol–water partition coefficient (Wildman–Crippen LogP) is 6.29. The SMILES string of the molecule is CCCCOc1ccc(/C=C/C(=O)Nc2nc(-c3ccc(Cl)cc3)cs2)cc1. The van der Waals surface area contributed by atoms with Crippen LogP contribution in [0.1, 0.15) is 25.3 Å². The molecule has 2 aromatic carbocycles. The molecule has 0 radical (unpaired) electrons. The first-order valence-electron chi connectivity index (χ1n) is 9.07. The van der Waals surface area contributed by atoms with Gasteiger partial charge >= 0.3 is 0 Å². The summed E-state index contributed by atoms with van der Waals surface area (Å²) in [6.45, 7) is 2.85. The van der Waals surface area contributed by atoms with E-state index in [2.05, 4.69) is 17.2 Å². The Labute approximate surface area is 173 Å². The fourth-order valence-electron chi connectivity index (χ4n) is 2.41. The molecule has 1 N–H and O–H groups in total. The Kier molecular flexibility index (Phi) is 7.23. The van der Waals surface area contributed by atoms with Crippen LogP contribution < -0.4 is 10.1 Å². The minimum atomic E-state index is -0.222. The molecule has 0 fully saturated rings. The zero-order chi connectivity index (χ0) is 19.8. The van der Waals surface area contributed by atoms with Gasteiger partial charge in [0, 0.05) is 22.0 Å². The second-order valence-electron chi connectivity index (χ2n) is 6.14. The Morgan fingerprint density at radius 2 is 1.93 bits per heavy atom. The number of nitrogens with one attached hydrogen (secondary N) is 1. The van der Waals surface area contributed by atoms with Gasteiger partial charge in [0.25, 0.3) is 0 Å². The van der Waals surface area contributed by atoms with Crippen LogP contribution in [0.25, 0.3) is 17.3 Å². The molecule has 144 valence electrons. The number of hydrogen-bond donors (Lipinski definition) is 1. The molecule has 0 spiro atoms. The van der Waals surface area contributed by atoms with Gasteiger partial charge < -0.3 is 4.74 Å². The summed E-state index contributed by atoms with van der Waals surface area (Å²) >= 11 is 7.29. The third-order valence-electron chi connectivity index (χ3n) is 3.95. The van der Waals surface area contributed by atoms with Crippen LogP contribution in [0.15, 0.2) is 60.0 Å². The molecule has 0 saturated heterocycles. The summed E-state index contributed by atoms with van der Waals surface area (Å²) in [5.74, 6) is 0.618. The Balaban J connectivity index is 1.54. The number of halogens is 1. The number of unbranched alkanes of at least 4 members (excludes halogenated alkanes) is 1. The summed E-state index contributed by atoms with van der Waals surface area (Å²) in [6, 6.07) is 15.1. The van der Waals surface area contributed by atoms with Gasteiger partial charge in [-0.1, -0.05) is 49.2 Å². The highest BCUT2D eigenvalue weighted by molar-refractivity contribution is 7.14. The van der Waals surface area contributed by atoms with E-state index >= 15 is 0 Å². The number of carbonyl (C=O) groups excluding carboxylic acids is 1. The van der Waals surface area contributed by atoms with Crippen LogP contribution in [0.2, 0.25) is 5.02 Å². The minimum Gasteiger partial charge on any atom is -0.494 e. The van der Waals surface area contributed by atoms with Crippen molar-refractivity contribution in [1.29, 1.82) is 0 Å². The number of ether oxygens (including phenoxy) is 1. The Morgan fingerprint density at radius 3 is 2.64 bits per heavy atom. The largest absolute Gasteiger partial charge is 0.494 e. The highest BCUT2D eigenvalue weighted by Gasteiger charge is 2.06. The van der Waals surface area contributed by atoms with E-state index in [1.165, 1.54) is 17.4 Å². The lowest BCUT2D eigenvalue weighted by Gasteiger charge is -2.05. The van der Waals surface area contributed by atoms with Gasteiger partial charge in [0.15, 0.2) is 5.13 Å². The van der Waals surface area contributed by atoms with Crippen LogP contribution >= 0.6 is 22.9 Å². The lowest BCUT2D eigenvalue weighted by molar-refractivity contribution is -0.111. The molecule has 3 rings (SSSR count). The molecule has 0 bridgehead atoms. The monoisotopic (exact) mass is 412 g/mol. The van der Waals surface area contributed by atoms with Crippen LogP contribution in [0, 0.1) is 0 Å². The number of thiazole rings is 1. The number of rotatable bonds is 8. The summed E-state index contributed by atoms with van der Waals surface area (Å²) < 4.78 is 5.63. The van der Waals surface area contributed by atoms with E-state index < -0.39 is 0 Å². The van der Waals surface area contributed by atoms with E-state index in [1.807, 2.05) is 53.9 Å². The Morgan fingerprint density at radius 1 is 1.18 bits per heavy atom. The smallest absolute Gasteiger partial charge is 0.250 e. The fraction of sp³-hybridized carbons (Fsp3) is 0.182. The van der Waals surface area contributed by atoms with Gasteiger partial charge in [0.1, 0.15) is 5.75 Å². The molecule has 28 heavy (non-hydrogen) atoms. The van der Waals surface area contributed by atoms with Crippen molar-refractivity contribution in [2.24, 2.45) is 0 Å². The summed E-state index contributed by atoms with van der Waals surface area (Å²) in [6.07, 6.45) is 5.41. The van der Waals surface area contributed by atoms with E-state index in [4.69, 9.17) is 16.3 Å². The molecule has 0 aliphatic carbocycles. The number of amides is 1. The van der Waals surface area contributed by atoms with Gasteiger partial charge in [0.2, 0.25) is 5.91 Å². The first kappa shape index (κ1) is 20.1. The molecule has 0 aliphatic rings. The molecule has 0 aliphatic heterocycles. The second-order valence-corrected chi connectivity index (χ2v) is 7.43. The number of carbonyl (C=O) groups is 1. The second kappa shape index (κ2) is 10.1. The van der Waals surface area contributed by atoms with E-state index in [1.54, 1.807) is 6.08 Å². The molecule has 4 nitrogen and oxygen atoms in total. The van der Waals surface area contributed by atoms with Crippen LogP contribution in [0.4, 0.5) is 5.13 Å². The van der Waals surface area contributed by atoms with Gasteiger partial charge in [-0.05, 0) is 42.3 Å². The summed E-state index contributed by atoms with van der Waals surface area (Å²) in [4.78, 5) is 16.6. The van der Waals surface area contributed by atoms with Crippen molar-refractivity contribution < 1.29 is 9.53 Å². The highest BCUT2D eigenvalue weighted by atomic mass is 35.5. The molecule has 1 heterocycles. The summed E-state index contributed by atoms with van der Waals surface area (Å²) in [7, 11) is 0. The number of aromatic nitrogens is 1. The molecule has 0 atom stereocenters. The third-order valence-corrected chi connectivity index (χ3v) is 4.96. The number of anilines is 1. The van der Waals surface area contributed by atoms with Crippen molar-refractivity contribution in [3.63, 3.8) is 0 Å². The average Bonchev–Trinajstić information content (AvgIpc) is 3.16. The number of benzene rings is 2. The lowest BCUT2D eigenvalue weighted by Crippen LogP contribution is -2.07. The maximum absolute atomic E-state index is 12.1. The van der Waals surface area contributed by atoms with E-state index in [-0.39, 0.29) is 5.91 Å². The third kappa shape index (κ3) is 5.94. The van der Waals surface area contributed by atoms with Crippen molar-refractivity contribution >= 4 is 40.1 Å². The van der Waals surface area contributed by atoms with Crippen LogP contribution in [-0.2, 0) is 4.79 Å². The summed E-state index contributed by atoms with van der Waals surface area (Å²) in [5.41, 5.74) is 2.69. The van der Waals surface area contributed by atoms with Gasteiger partial charge in [-0.2, -0.15) is 0 Å². The molecule has 1 aromatic heterocycles. The van der Waals surface area contributed by atoms with Gasteiger partial charge in [-0.3, -0.25) is 10.1 Å². The van der Waals surface area contributed by atoms with E-state index in [0.717, 1.165) is 42.0 Å². The lowest BCUT2D eigenvalue weighted by atomic mass is 10.2. The fourth-order valence-corrected chi connectivity index (χ4v) is 3.26. The van der Waals surface area contributed by atoms with Crippen molar-refractivity contribution in [2.45, 2.75) is 19.8 Å². The standard InChI is InChI=1S/C22H21ClN2O2S/c1-2-3-14-27-19-11-4-16(5-12-19)6-13-21(26)25-22-24-20(15-28-22)17-7-9-18(23)10-8-17/h4-13,15H,2-3,14H2,1H3,(H,24,25,26)/b13-6+. The maximum Gasteiger partial charge on any atom is 0.250 e. The van der Waals surface area contributed by atoms with Crippen LogP contribution in [-0.4, -0.2) is 17.5 Å². The van der Waals surface area contributed by atoms with Gasteiger partial charge in [-0.15, -0.1) is 11.3 Å². The molecular formula is C22H21ClN2O2S. The molecule has 6 heteroatoms. The molecular weight excluding hydrogens is 392 g/mol. The van der Waals surface area contributed by atoms with Gasteiger partial charge in [0.05, 0.1) is 12.3 Å². The van der Waals surface area contributed by atoms with E-state index in [0.29, 0.717) is 10.2 Å². The topological polar surface area (TPSA) is 51.2 Å². The van der Waals surface area contributed by atoms with Crippen molar-refractivity contribution in [3.05, 3.63) is 70.6 Å². The predicted molar refractivity (Wildman–Crippen MR) is 117 cm³/mol. The minimum absolute atomic E-state index is 0.222. The van der Waals surface area contributed by atoms with Gasteiger partial charge in [-0.25, -0.2) is 4.98 Å². The highest BCUT2D eigenvalue weighted by Crippen LogP contribution is 2.26. The van der Waals surface area contributed by atoms with Crippen LogP contribution in [0.3, 0.4) is 0 Å². The summed E-state index contributed by atoms with van der Waals surface area (Å²) in [5, 5.41) is 5.93. The van der Waals surface area contributed by atoms with Crippen molar-refractivity contribution in [1.82, 2.24) is 4.98 Å². The maximum atomic E-state index is 12.1. The number of nitrogens with zero attached hydrogens (tertiary/aromatic N) is 1. The van der Waals surface area contributed by atoms with Crippen molar-refractivity contribution in [3.8, 4) is 17.0 Å². The normalized spacial score (nSPS) is 10.9. The zero-order valence-corrected chi connectivity index (χ0v) is 17.1. The Hall–Kier alpha value is -2.63. The quantitative estimate of drug-likeness (QED) is 0.349. The Bertz CT molecular complexity index is 934. The van der Waals surface area contributed by atoms with Crippen molar-refractivity contribution in [2.75, 3.05) is 11.9 Å². The molecule has 0 unspecified atom stereocenters. The van der Waals surface area contributed by atoms with E-state index in [9.17, 15) is 4.79 Å². The number of hydrogen-bond acceptors (Lipinski definition) is 4. The first-order chi connectivity index (χ1) is 13.6. The zero-order valence-electron chi connectivity index (χ0n) is 15.5.